The summed E-state index contributed by atoms with van der Waals surface area (Å²) in [6.45, 7) is 5.15. The normalized spacial score (nSPS) is 11.5. The smallest absolute Gasteiger partial charge is 0.411 e. The number of carbonyl (C=O) groups excluding carboxylic acids is 2. The average molecular weight is 505 g/mol. The Labute approximate surface area is 205 Å². The monoisotopic (exact) mass is 504 g/mol. The van der Waals surface area contributed by atoms with Crippen LogP contribution in [0.1, 0.15) is 42.4 Å². The molecule has 0 radical (unpaired) electrons. The number of esters is 1. The van der Waals surface area contributed by atoms with Gasteiger partial charge >= 0.3 is 18.0 Å². The van der Waals surface area contributed by atoms with Crippen molar-refractivity contribution in [1.29, 1.82) is 0 Å². The number of aromatic nitrogens is 1. The number of amides is 1. The summed E-state index contributed by atoms with van der Waals surface area (Å²) in [4.78, 5) is 40.1. The van der Waals surface area contributed by atoms with Gasteiger partial charge in [-0.15, -0.1) is 0 Å². The number of rotatable bonds is 7. The van der Waals surface area contributed by atoms with E-state index in [1.54, 1.807) is 45.0 Å². The maximum absolute atomic E-state index is 12.7. The standard InChI is InChI=1S/C24H22Cl2N2O6/c1-4-33-23(31)21-16(20-17(26)9-13(25)10-19(20)27-21)11-15(22(29)30)14-7-5-6-8-18(14)28-24(32)34-12(2)3/h5-12,27H,4H2,1-3H3,(H,28,32)(H,29,30). The van der Waals surface area contributed by atoms with Crippen molar-refractivity contribution in [3.63, 3.8) is 0 Å². The summed E-state index contributed by atoms with van der Waals surface area (Å²) in [6.07, 6.45) is 0.208. The number of carboxylic acids is 1. The van der Waals surface area contributed by atoms with Crippen LogP contribution in [0.5, 0.6) is 0 Å². The van der Waals surface area contributed by atoms with Gasteiger partial charge < -0.3 is 19.6 Å². The van der Waals surface area contributed by atoms with E-state index in [4.69, 9.17) is 32.7 Å². The number of aliphatic carboxylic acids is 1. The van der Waals surface area contributed by atoms with Crippen molar-refractivity contribution in [2.45, 2.75) is 26.9 Å². The van der Waals surface area contributed by atoms with E-state index in [1.807, 2.05) is 0 Å². The topological polar surface area (TPSA) is 118 Å². The number of hydrogen-bond acceptors (Lipinski definition) is 5. The van der Waals surface area contributed by atoms with E-state index in [1.165, 1.54) is 18.2 Å². The van der Waals surface area contributed by atoms with Gasteiger partial charge in [-0.2, -0.15) is 0 Å². The minimum absolute atomic E-state index is 0.0180. The highest BCUT2D eigenvalue weighted by Gasteiger charge is 2.23. The number of benzene rings is 2. The van der Waals surface area contributed by atoms with Gasteiger partial charge in [0.05, 0.1) is 29.0 Å². The number of carbonyl (C=O) groups is 3. The minimum Gasteiger partial charge on any atom is -0.478 e. The van der Waals surface area contributed by atoms with Gasteiger partial charge in [-0.25, -0.2) is 14.4 Å². The first kappa shape index (κ1) is 25.1. The van der Waals surface area contributed by atoms with Crippen LogP contribution < -0.4 is 5.32 Å². The Morgan fingerprint density at radius 2 is 1.88 bits per heavy atom. The quantitative estimate of drug-likeness (QED) is 0.259. The number of fused-ring (bicyclic) bond motifs is 1. The molecule has 1 heterocycles. The first-order valence-electron chi connectivity index (χ1n) is 10.3. The van der Waals surface area contributed by atoms with E-state index < -0.39 is 18.0 Å². The molecule has 0 fully saturated rings. The van der Waals surface area contributed by atoms with Crippen LogP contribution in [0.15, 0.2) is 36.4 Å². The summed E-state index contributed by atoms with van der Waals surface area (Å²) < 4.78 is 10.2. The molecule has 0 spiro atoms. The number of H-pyrrole nitrogens is 1. The van der Waals surface area contributed by atoms with Crippen molar-refractivity contribution in [3.05, 3.63) is 63.3 Å². The van der Waals surface area contributed by atoms with Gasteiger partial charge in [0.2, 0.25) is 0 Å². The lowest BCUT2D eigenvalue weighted by molar-refractivity contribution is -0.130. The number of aromatic amines is 1. The molecule has 178 valence electrons. The van der Waals surface area contributed by atoms with Crippen LogP contribution in [-0.4, -0.2) is 40.8 Å². The van der Waals surface area contributed by atoms with Crippen molar-refractivity contribution in [3.8, 4) is 0 Å². The second-order valence-electron chi connectivity index (χ2n) is 7.43. The SMILES string of the molecule is CCOC(=O)c1[nH]c2cc(Cl)cc(Cl)c2c1C=C(C(=O)O)c1ccccc1NC(=O)OC(C)C. The Bertz CT molecular complexity index is 1300. The summed E-state index contributed by atoms with van der Waals surface area (Å²) in [5.41, 5.74) is 0.885. The fraction of sp³-hybridized carbons (Fsp3) is 0.208. The molecule has 0 saturated carbocycles. The van der Waals surface area contributed by atoms with Crippen molar-refractivity contribution in [2.24, 2.45) is 0 Å². The molecule has 34 heavy (non-hydrogen) atoms. The second-order valence-corrected chi connectivity index (χ2v) is 8.28. The predicted octanol–water partition coefficient (Wildman–Crippen LogP) is 6.23. The van der Waals surface area contributed by atoms with E-state index in [0.29, 0.717) is 15.9 Å². The molecule has 0 aliphatic rings. The number of anilines is 1. The summed E-state index contributed by atoms with van der Waals surface area (Å²) >= 11 is 12.5. The highest BCUT2D eigenvalue weighted by molar-refractivity contribution is 6.39. The zero-order valence-electron chi connectivity index (χ0n) is 18.6. The van der Waals surface area contributed by atoms with Gasteiger partial charge in [-0.05, 0) is 45.0 Å². The third kappa shape index (κ3) is 5.52. The fourth-order valence-corrected chi connectivity index (χ4v) is 3.96. The van der Waals surface area contributed by atoms with Gasteiger partial charge in [0, 0.05) is 27.1 Å². The van der Waals surface area contributed by atoms with Gasteiger partial charge in [-0.3, -0.25) is 5.32 Å². The predicted molar refractivity (Wildman–Crippen MR) is 131 cm³/mol. The van der Waals surface area contributed by atoms with Crippen LogP contribution in [0, 0.1) is 0 Å². The van der Waals surface area contributed by atoms with Gasteiger partial charge in [0.15, 0.2) is 0 Å². The zero-order chi connectivity index (χ0) is 25.0. The van der Waals surface area contributed by atoms with Crippen LogP contribution in [0.2, 0.25) is 10.0 Å². The molecule has 1 aromatic heterocycles. The number of para-hydroxylation sites is 1. The van der Waals surface area contributed by atoms with Crippen LogP contribution in [0.25, 0.3) is 22.6 Å². The molecule has 0 unspecified atom stereocenters. The summed E-state index contributed by atoms with van der Waals surface area (Å²) in [5.74, 6) is -1.98. The van der Waals surface area contributed by atoms with E-state index in [0.717, 1.165) is 0 Å². The number of hydrogen-bond donors (Lipinski definition) is 3. The lowest BCUT2D eigenvalue weighted by Gasteiger charge is -2.14. The highest BCUT2D eigenvalue weighted by Crippen LogP contribution is 2.36. The summed E-state index contributed by atoms with van der Waals surface area (Å²) in [6, 6.07) is 9.40. The lowest BCUT2D eigenvalue weighted by atomic mass is 9.99. The highest BCUT2D eigenvalue weighted by atomic mass is 35.5. The molecule has 0 atom stereocenters. The molecule has 3 N–H and O–H groups in total. The molecule has 0 aliphatic heterocycles. The van der Waals surface area contributed by atoms with Gasteiger partial charge in [0.25, 0.3) is 0 Å². The molecule has 0 saturated heterocycles. The van der Waals surface area contributed by atoms with Crippen LogP contribution in [0.4, 0.5) is 10.5 Å². The molecule has 0 bridgehead atoms. The van der Waals surface area contributed by atoms with Crippen molar-refractivity contribution in [2.75, 3.05) is 11.9 Å². The molecule has 3 rings (SSSR count). The molecule has 8 nitrogen and oxygen atoms in total. The third-order valence-corrected chi connectivity index (χ3v) is 5.17. The molecule has 0 aliphatic carbocycles. The van der Waals surface area contributed by atoms with Gasteiger partial charge in [0.1, 0.15) is 5.69 Å². The van der Waals surface area contributed by atoms with Crippen molar-refractivity contribution < 1.29 is 29.0 Å². The van der Waals surface area contributed by atoms with E-state index in [9.17, 15) is 19.5 Å². The Kier molecular flexibility index (Phi) is 7.86. The summed E-state index contributed by atoms with van der Waals surface area (Å²) in [5, 5.41) is 13.6. The van der Waals surface area contributed by atoms with Crippen molar-refractivity contribution >= 4 is 69.5 Å². The summed E-state index contributed by atoms with van der Waals surface area (Å²) in [7, 11) is 0. The Balaban J connectivity index is 2.23. The Hall–Kier alpha value is -3.49. The zero-order valence-corrected chi connectivity index (χ0v) is 20.1. The van der Waals surface area contributed by atoms with Crippen molar-refractivity contribution in [1.82, 2.24) is 4.98 Å². The average Bonchev–Trinajstić information content (AvgIpc) is 3.10. The van der Waals surface area contributed by atoms with E-state index in [-0.39, 0.29) is 45.8 Å². The number of halogens is 2. The Morgan fingerprint density at radius 3 is 2.53 bits per heavy atom. The number of ether oxygens (including phenoxy) is 2. The molecular formula is C24H22Cl2N2O6. The van der Waals surface area contributed by atoms with Gasteiger partial charge in [-0.1, -0.05) is 41.4 Å². The fourth-order valence-electron chi connectivity index (χ4n) is 3.36. The number of carboxylic acid groups (broad SMARTS) is 1. The first-order valence-corrected chi connectivity index (χ1v) is 11.1. The minimum atomic E-state index is -1.29. The third-order valence-electron chi connectivity index (χ3n) is 4.65. The first-order chi connectivity index (χ1) is 16.1. The van der Waals surface area contributed by atoms with Crippen LogP contribution >= 0.6 is 23.2 Å². The van der Waals surface area contributed by atoms with Crippen LogP contribution in [-0.2, 0) is 14.3 Å². The largest absolute Gasteiger partial charge is 0.478 e. The molecule has 3 aromatic rings. The van der Waals surface area contributed by atoms with E-state index >= 15 is 0 Å². The molecular weight excluding hydrogens is 483 g/mol. The molecule has 2 aromatic carbocycles. The molecule has 10 heteroatoms. The Morgan fingerprint density at radius 1 is 1.18 bits per heavy atom. The number of nitrogens with one attached hydrogen (secondary N) is 2. The molecule has 1 amide bonds. The second kappa shape index (κ2) is 10.6. The van der Waals surface area contributed by atoms with Crippen LogP contribution in [0.3, 0.4) is 0 Å². The lowest BCUT2D eigenvalue weighted by Crippen LogP contribution is -2.19. The maximum atomic E-state index is 12.7. The van der Waals surface area contributed by atoms with E-state index in [2.05, 4.69) is 10.3 Å². The maximum Gasteiger partial charge on any atom is 0.411 e.